The predicted octanol–water partition coefficient (Wildman–Crippen LogP) is 6.44. The Bertz CT molecular complexity index is 1340. The molecule has 7 heteroatoms. The topological polar surface area (TPSA) is 68.7 Å². The molecule has 1 heterocycles. The lowest BCUT2D eigenvalue weighted by molar-refractivity contribution is 0.0599. The maximum atomic E-state index is 11.9. The van der Waals surface area contributed by atoms with Gasteiger partial charge in [-0.3, -0.25) is 0 Å². The number of hydrogen-bond acceptors (Lipinski definition) is 5. The van der Waals surface area contributed by atoms with Gasteiger partial charge in [-0.2, -0.15) is 0 Å². The van der Waals surface area contributed by atoms with Crippen LogP contribution in [0, 0.1) is 0 Å². The van der Waals surface area contributed by atoms with Crippen LogP contribution in [0.3, 0.4) is 0 Å². The Labute approximate surface area is 207 Å². The van der Waals surface area contributed by atoms with Crippen molar-refractivity contribution in [1.82, 2.24) is 4.98 Å². The smallest absolute Gasteiger partial charge is 0.337 e. The minimum Gasteiger partial charge on any atom is -0.487 e. The van der Waals surface area contributed by atoms with Crippen molar-refractivity contribution in [3.8, 4) is 5.75 Å². The number of nitrogens with zero attached hydrogens (tertiary/aromatic N) is 1. The van der Waals surface area contributed by atoms with Crippen molar-refractivity contribution in [2.24, 2.45) is 0 Å². The molecule has 34 heavy (non-hydrogen) atoms. The molecule has 4 rings (SSSR count). The average Bonchev–Trinajstić information content (AvgIpc) is 2.86. The van der Waals surface area contributed by atoms with Crippen molar-refractivity contribution in [1.29, 1.82) is 0 Å². The molecule has 1 N–H and O–H groups in total. The number of pyridine rings is 1. The number of ether oxygens (including phenoxy) is 2. The third-order valence-corrected chi connectivity index (χ3v) is 6.50. The molecule has 0 saturated carbocycles. The summed E-state index contributed by atoms with van der Waals surface area (Å²) in [4.78, 5) is 16.5. The Morgan fingerprint density at radius 3 is 2.62 bits per heavy atom. The van der Waals surface area contributed by atoms with Crippen LogP contribution in [0.15, 0.2) is 78.9 Å². The fourth-order valence-corrected chi connectivity index (χ4v) is 4.11. The number of benzene rings is 3. The zero-order valence-corrected chi connectivity index (χ0v) is 20.2. The van der Waals surface area contributed by atoms with E-state index in [0.29, 0.717) is 27.5 Å². The quantitative estimate of drug-likeness (QED) is 0.236. The minimum atomic E-state index is -1.73. The number of carbonyl (C=O) groups is 1. The maximum absolute atomic E-state index is 11.9. The summed E-state index contributed by atoms with van der Waals surface area (Å²) in [5.41, 5.74) is 3.10. The number of carbonyl (C=O) groups excluding carboxylic acids is 1. The Balaban J connectivity index is 1.52. The van der Waals surface area contributed by atoms with Crippen molar-refractivity contribution in [3.63, 3.8) is 0 Å². The lowest BCUT2D eigenvalue weighted by atomic mass is 9.89. The van der Waals surface area contributed by atoms with Crippen LogP contribution in [0.4, 0.5) is 0 Å². The number of fused-ring (bicyclic) bond motifs is 1. The number of alkyl halides is 1. The van der Waals surface area contributed by atoms with Crippen LogP contribution in [-0.2, 0) is 16.4 Å². The average molecular weight is 496 g/mol. The van der Waals surface area contributed by atoms with E-state index in [1.54, 1.807) is 49.4 Å². The normalized spacial score (nSPS) is 13.8. The summed E-state index contributed by atoms with van der Waals surface area (Å²) in [5, 5.41) is 11.1. The molecule has 2 atom stereocenters. The van der Waals surface area contributed by atoms with Gasteiger partial charge in [0, 0.05) is 21.9 Å². The molecular weight excluding hydrogens is 473 g/mol. The first-order valence-electron chi connectivity index (χ1n) is 10.7. The number of rotatable bonds is 7. The third kappa shape index (κ3) is 5.17. The highest BCUT2D eigenvalue weighted by molar-refractivity contribution is 6.31. The molecule has 0 bridgehead atoms. The minimum absolute atomic E-state index is 0.239. The fraction of sp³-hybridized carbons (Fsp3) is 0.185. The molecule has 0 saturated heterocycles. The van der Waals surface area contributed by atoms with Gasteiger partial charge in [-0.25, -0.2) is 9.78 Å². The zero-order valence-electron chi connectivity index (χ0n) is 18.7. The lowest BCUT2D eigenvalue weighted by Crippen LogP contribution is -2.25. The lowest BCUT2D eigenvalue weighted by Gasteiger charge is -2.29. The summed E-state index contributed by atoms with van der Waals surface area (Å²) in [7, 11) is 1.32. The van der Waals surface area contributed by atoms with Gasteiger partial charge in [0.25, 0.3) is 0 Å². The number of aromatic nitrogens is 1. The van der Waals surface area contributed by atoms with E-state index in [0.717, 1.165) is 16.6 Å². The molecule has 0 aliphatic rings. The van der Waals surface area contributed by atoms with Crippen molar-refractivity contribution < 1.29 is 19.4 Å². The molecule has 0 spiro atoms. The van der Waals surface area contributed by atoms with Crippen LogP contribution < -0.4 is 4.74 Å². The highest BCUT2D eigenvalue weighted by Crippen LogP contribution is 2.41. The van der Waals surface area contributed by atoms with Gasteiger partial charge in [-0.05, 0) is 48.0 Å². The Morgan fingerprint density at radius 2 is 1.82 bits per heavy atom. The van der Waals surface area contributed by atoms with E-state index in [4.69, 9.17) is 32.7 Å². The highest BCUT2D eigenvalue weighted by atomic mass is 35.5. The largest absolute Gasteiger partial charge is 0.487 e. The second-order valence-electron chi connectivity index (χ2n) is 7.97. The molecule has 5 nitrogen and oxygen atoms in total. The Kier molecular flexibility index (Phi) is 7.08. The molecule has 1 aromatic heterocycles. The van der Waals surface area contributed by atoms with Crippen LogP contribution >= 0.6 is 23.2 Å². The summed E-state index contributed by atoms with van der Waals surface area (Å²) in [6.45, 7) is 2.03. The summed E-state index contributed by atoms with van der Waals surface area (Å²) < 4.78 is 10.7. The number of esters is 1. The molecule has 174 valence electrons. The van der Waals surface area contributed by atoms with Gasteiger partial charge < -0.3 is 14.6 Å². The maximum Gasteiger partial charge on any atom is 0.337 e. The molecule has 0 aliphatic carbocycles. The number of hydrogen-bond donors (Lipinski definition) is 1. The number of aliphatic hydroxyl groups is 1. The van der Waals surface area contributed by atoms with Gasteiger partial charge in [-0.1, -0.05) is 66.5 Å². The van der Waals surface area contributed by atoms with Gasteiger partial charge in [0.1, 0.15) is 12.4 Å². The van der Waals surface area contributed by atoms with Crippen LogP contribution in [0.2, 0.25) is 5.02 Å². The first-order chi connectivity index (χ1) is 16.3. The number of methoxy groups -OCH3 is 1. The Morgan fingerprint density at radius 1 is 1.06 bits per heavy atom. The molecule has 0 radical (unpaired) electrons. The second-order valence-corrected chi connectivity index (χ2v) is 8.98. The predicted molar refractivity (Wildman–Crippen MR) is 133 cm³/mol. The van der Waals surface area contributed by atoms with E-state index < -0.39 is 16.9 Å². The second kappa shape index (κ2) is 10.0. The van der Waals surface area contributed by atoms with Gasteiger partial charge in [0.05, 0.1) is 23.9 Å². The van der Waals surface area contributed by atoms with E-state index in [2.05, 4.69) is 4.98 Å². The standard InChI is InChI=1S/C27H23Cl2NO4/c1-17(19-5-3-6-20(13-19)26(31)33-2)27(29,32)21-7-4-8-24(14-21)34-16-23-12-10-18-9-11-22(28)15-25(18)30-23/h3-15,17,32H,16H2,1-2H3. The first-order valence-corrected chi connectivity index (χ1v) is 11.4. The van der Waals surface area contributed by atoms with Crippen LogP contribution in [0.25, 0.3) is 10.9 Å². The van der Waals surface area contributed by atoms with Gasteiger partial charge >= 0.3 is 5.97 Å². The zero-order chi connectivity index (χ0) is 24.3. The van der Waals surface area contributed by atoms with E-state index in [1.807, 2.05) is 36.4 Å². The van der Waals surface area contributed by atoms with Crippen molar-refractivity contribution in [3.05, 3.63) is 106 Å². The van der Waals surface area contributed by atoms with Crippen LogP contribution in [0.5, 0.6) is 5.75 Å². The van der Waals surface area contributed by atoms with Crippen molar-refractivity contribution >= 4 is 40.1 Å². The Hall–Kier alpha value is -3.12. The van der Waals surface area contributed by atoms with Gasteiger partial charge in [-0.15, -0.1) is 0 Å². The van der Waals surface area contributed by atoms with E-state index in [-0.39, 0.29) is 6.61 Å². The summed E-state index contributed by atoms with van der Waals surface area (Å²) in [6.07, 6.45) is 0. The van der Waals surface area contributed by atoms with E-state index >= 15 is 0 Å². The molecule has 0 fully saturated rings. The molecule has 0 amide bonds. The van der Waals surface area contributed by atoms with Crippen LogP contribution in [0.1, 0.15) is 40.0 Å². The first kappa shape index (κ1) is 24.0. The third-order valence-electron chi connectivity index (χ3n) is 5.72. The van der Waals surface area contributed by atoms with Crippen LogP contribution in [-0.4, -0.2) is 23.2 Å². The number of halogens is 2. The van der Waals surface area contributed by atoms with Crippen molar-refractivity contribution in [2.45, 2.75) is 24.5 Å². The summed E-state index contributed by atoms with van der Waals surface area (Å²) in [5.74, 6) is -0.437. The molecule has 0 aliphatic heterocycles. The molecule has 2 unspecified atom stereocenters. The highest BCUT2D eigenvalue weighted by Gasteiger charge is 2.35. The van der Waals surface area contributed by atoms with E-state index in [1.165, 1.54) is 7.11 Å². The van der Waals surface area contributed by atoms with Crippen molar-refractivity contribution in [2.75, 3.05) is 7.11 Å². The van der Waals surface area contributed by atoms with Gasteiger partial charge in [0.2, 0.25) is 0 Å². The fourth-order valence-electron chi connectivity index (χ4n) is 3.70. The van der Waals surface area contributed by atoms with E-state index in [9.17, 15) is 9.90 Å². The molecule has 4 aromatic rings. The SMILES string of the molecule is COC(=O)c1cccc(C(C)C(O)(Cl)c2cccc(OCc3ccc4ccc(Cl)cc4n3)c2)c1. The van der Waals surface area contributed by atoms with Gasteiger partial charge in [0.15, 0.2) is 5.06 Å². The summed E-state index contributed by atoms with van der Waals surface area (Å²) in [6, 6.07) is 23.3. The molecule has 3 aromatic carbocycles. The molecular formula is C27H23Cl2NO4. The monoisotopic (exact) mass is 495 g/mol. The summed E-state index contributed by atoms with van der Waals surface area (Å²) >= 11 is 12.7.